The zero-order valence-corrected chi connectivity index (χ0v) is 15.8. The summed E-state index contributed by atoms with van der Waals surface area (Å²) in [5.74, 6) is 0.0825. The lowest BCUT2D eigenvalue weighted by molar-refractivity contribution is -0.274. The van der Waals surface area contributed by atoms with Crippen LogP contribution in [0.5, 0.6) is 5.75 Å². The van der Waals surface area contributed by atoms with Crippen LogP contribution < -0.4 is 15.8 Å². The second-order valence-corrected chi connectivity index (χ2v) is 7.28. The minimum Gasteiger partial charge on any atom is -0.406 e. The van der Waals surface area contributed by atoms with Gasteiger partial charge in [0, 0.05) is 25.3 Å². The van der Waals surface area contributed by atoms with Gasteiger partial charge in [0.2, 0.25) is 0 Å². The van der Waals surface area contributed by atoms with Crippen LogP contribution in [0.25, 0.3) is 0 Å². The Morgan fingerprint density at radius 2 is 1.82 bits per heavy atom. The number of halogens is 3. The summed E-state index contributed by atoms with van der Waals surface area (Å²) in [5, 5.41) is 3.24. The summed E-state index contributed by atoms with van der Waals surface area (Å²) in [6.07, 6.45) is -0.314. The normalized spacial score (nSPS) is 20.9. The van der Waals surface area contributed by atoms with Crippen LogP contribution in [0.4, 0.5) is 13.2 Å². The van der Waals surface area contributed by atoms with Crippen LogP contribution in [0.2, 0.25) is 0 Å². The highest BCUT2D eigenvalue weighted by Gasteiger charge is 2.39. The van der Waals surface area contributed by atoms with E-state index in [4.69, 9.17) is 10.5 Å². The summed E-state index contributed by atoms with van der Waals surface area (Å²) in [6.45, 7) is 4.70. The Morgan fingerprint density at radius 1 is 1.18 bits per heavy atom. The van der Waals surface area contributed by atoms with E-state index in [-0.39, 0.29) is 17.8 Å². The van der Waals surface area contributed by atoms with Crippen molar-refractivity contribution in [3.63, 3.8) is 0 Å². The maximum absolute atomic E-state index is 12.2. The third-order valence-electron chi connectivity index (χ3n) is 5.39. The average Bonchev–Trinajstić information content (AvgIpc) is 3.21. The molecular weight excluding hydrogens is 373 g/mol. The number of guanidine groups is 1. The van der Waals surface area contributed by atoms with Gasteiger partial charge in [-0.05, 0) is 56.5 Å². The molecule has 0 atom stereocenters. The smallest absolute Gasteiger partial charge is 0.406 e. The largest absolute Gasteiger partial charge is 0.573 e. The van der Waals surface area contributed by atoms with E-state index in [2.05, 4.69) is 19.9 Å². The highest BCUT2D eigenvalue weighted by atomic mass is 19.4. The second kappa shape index (κ2) is 9.00. The predicted molar refractivity (Wildman–Crippen MR) is 100 cm³/mol. The van der Waals surface area contributed by atoms with E-state index in [1.807, 2.05) is 0 Å². The van der Waals surface area contributed by atoms with Crippen LogP contribution in [0.1, 0.15) is 31.2 Å². The van der Waals surface area contributed by atoms with E-state index >= 15 is 0 Å². The molecule has 6 nitrogen and oxygen atoms in total. The molecule has 156 valence electrons. The van der Waals surface area contributed by atoms with Crippen LogP contribution in [-0.4, -0.2) is 55.6 Å². The average molecular weight is 400 g/mol. The maximum atomic E-state index is 12.2. The minimum atomic E-state index is -4.69. The number of likely N-dealkylation sites (tertiary alicyclic amines) is 1. The molecule has 0 saturated carbocycles. The predicted octanol–water partition coefficient (Wildman–Crippen LogP) is 2.63. The van der Waals surface area contributed by atoms with Crippen molar-refractivity contribution in [1.82, 2.24) is 10.2 Å². The zero-order valence-electron chi connectivity index (χ0n) is 15.8. The lowest BCUT2D eigenvalue weighted by Gasteiger charge is -2.44. The van der Waals surface area contributed by atoms with Gasteiger partial charge in [0.15, 0.2) is 5.96 Å². The monoisotopic (exact) mass is 400 g/mol. The van der Waals surface area contributed by atoms with Gasteiger partial charge < -0.3 is 20.5 Å². The first kappa shape index (κ1) is 20.7. The van der Waals surface area contributed by atoms with Crippen molar-refractivity contribution in [3.8, 4) is 5.75 Å². The standard InChI is InChI=1S/C19H27F3N4O2/c20-19(21,22)28-16-5-3-15(4-6-16)13-24-17(23)25-14-18(7-11-27-12-8-18)26-9-1-2-10-26/h3-6H,1-2,7-14H2,(H3,23,24,25). The quantitative estimate of drug-likeness (QED) is 0.567. The van der Waals surface area contributed by atoms with Crippen molar-refractivity contribution in [2.24, 2.45) is 10.7 Å². The molecule has 0 amide bonds. The molecule has 0 spiro atoms. The van der Waals surface area contributed by atoms with E-state index in [1.165, 1.54) is 25.0 Å². The van der Waals surface area contributed by atoms with Crippen molar-refractivity contribution in [3.05, 3.63) is 29.8 Å². The number of nitrogens with two attached hydrogens (primary N) is 1. The summed E-state index contributed by atoms with van der Waals surface area (Å²) >= 11 is 0. The molecule has 2 aliphatic heterocycles. The van der Waals surface area contributed by atoms with Gasteiger partial charge >= 0.3 is 6.36 Å². The number of nitrogens with zero attached hydrogens (tertiary/aromatic N) is 2. The molecule has 9 heteroatoms. The highest BCUT2D eigenvalue weighted by molar-refractivity contribution is 5.77. The van der Waals surface area contributed by atoms with E-state index in [1.54, 1.807) is 12.1 Å². The van der Waals surface area contributed by atoms with Crippen molar-refractivity contribution in [2.45, 2.75) is 44.1 Å². The van der Waals surface area contributed by atoms with Crippen LogP contribution in [-0.2, 0) is 11.3 Å². The van der Waals surface area contributed by atoms with Gasteiger partial charge in [-0.15, -0.1) is 13.2 Å². The van der Waals surface area contributed by atoms with Crippen molar-refractivity contribution >= 4 is 5.96 Å². The number of ether oxygens (including phenoxy) is 2. The topological polar surface area (TPSA) is 72.1 Å². The Labute approximate surface area is 162 Å². The molecule has 2 heterocycles. The molecule has 0 aliphatic carbocycles. The highest BCUT2D eigenvalue weighted by Crippen LogP contribution is 2.30. The van der Waals surface area contributed by atoms with Gasteiger partial charge in [-0.2, -0.15) is 0 Å². The van der Waals surface area contributed by atoms with E-state index in [0.29, 0.717) is 12.5 Å². The molecule has 0 unspecified atom stereocenters. The first-order valence-electron chi connectivity index (χ1n) is 9.58. The molecule has 1 aromatic carbocycles. The third-order valence-corrected chi connectivity index (χ3v) is 5.39. The fraction of sp³-hybridized carbons (Fsp3) is 0.632. The maximum Gasteiger partial charge on any atom is 0.573 e. The SMILES string of the molecule is NC(=NCc1ccc(OC(F)(F)F)cc1)NCC1(N2CCCC2)CCOCC1. The Kier molecular flexibility index (Phi) is 6.66. The molecule has 0 aromatic heterocycles. The van der Waals surface area contributed by atoms with E-state index in [0.717, 1.165) is 44.7 Å². The van der Waals surface area contributed by atoms with Crippen LogP contribution in [0.15, 0.2) is 29.3 Å². The van der Waals surface area contributed by atoms with Gasteiger partial charge in [0.05, 0.1) is 6.54 Å². The molecule has 0 radical (unpaired) electrons. The van der Waals surface area contributed by atoms with E-state index in [9.17, 15) is 13.2 Å². The molecule has 0 bridgehead atoms. The fourth-order valence-electron chi connectivity index (χ4n) is 3.83. The third kappa shape index (κ3) is 5.75. The number of hydrogen-bond acceptors (Lipinski definition) is 4. The first-order valence-corrected chi connectivity index (χ1v) is 9.58. The minimum absolute atomic E-state index is 0.0471. The number of aliphatic imine (C=N–C) groups is 1. The second-order valence-electron chi connectivity index (χ2n) is 7.28. The summed E-state index contributed by atoms with van der Waals surface area (Å²) < 4.78 is 46.0. The van der Waals surface area contributed by atoms with Crippen LogP contribution >= 0.6 is 0 Å². The Balaban J connectivity index is 1.53. The lowest BCUT2D eigenvalue weighted by Crippen LogP contribution is -2.58. The molecule has 28 heavy (non-hydrogen) atoms. The number of hydrogen-bond donors (Lipinski definition) is 2. The molecule has 1 aromatic rings. The van der Waals surface area contributed by atoms with E-state index < -0.39 is 6.36 Å². The summed E-state index contributed by atoms with van der Waals surface area (Å²) in [4.78, 5) is 6.85. The lowest BCUT2D eigenvalue weighted by atomic mass is 9.88. The van der Waals surface area contributed by atoms with Crippen molar-refractivity contribution < 1.29 is 22.6 Å². The molecule has 2 saturated heterocycles. The molecular formula is C19H27F3N4O2. The number of nitrogens with one attached hydrogen (secondary N) is 1. The number of alkyl halides is 3. The molecule has 2 aliphatic rings. The number of rotatable bonds is 6. The van der Waals surface area contributed by atoms with Crippen molar-refractivity contribution in [1.29, 1.82) is 0 Å². The van der Waals surface area contributed by atoms with Gasteiger partial charge in [-0.25, -0.2) is 4.99 Å². The summed E-state index contributed by atoms with van der Waals surface area (Å²) in [6, 6.07) is 5.63. The first-order chi connectivity index (χ1) is 13.4. The zero-order chi connectivity index (χ0) is 20.0. The Hall–Kier alpha value is -2.00. The number of benzene rings is 1. The molecule has 2 fully saturated rings. The Bertz CT molecular complexity index is 652. The molecule has 3 N–H and O–H groups in total. The van der Waals surface area contributed by atoms with Gasteiger partial charge in [0.1, 0.15) is 5.75 Å². The summed E-state index contributed by atoms with van der Waals surface area (Å²) in [5.41, 5.74) is 6.82. The summed E-state index contributed by atoms with van der Waals surface area (Å²) in [7, 11) is 0. The van der Waals surface area contributed by atoms with Crippen LogP contribution in [0.3, 0.4) is 0 Å². The Morgan fingerprint density at radius 3 is 2.43 bits per heavy atom. The van der Waals surface area contributed by atoms with Gasteiger partial charge in [-0.3, -0.25) is 4.90 Å². The van der Waals surface area contributed by atoms with Gasteiger partial charge in [-0.1, -0.05) is 12.1 Å². The molecule has 3 rings (SSSR count). The van der Waals surface area contributed by atoms with Crippen molar-refractivity contribution in [2.75, 3.05) is 32.8 Å². The van der Waals surface area contributed by atoms with Gasteiger partial charge in [0.25, 0.3) is 0 Å². The van der Waals surface area contributed by atoms with Crippen LogP contribution in [0, 0.1) is 0 Å². The fourth-order valence-corrected chi connectivity index (χ4v) is 3.83.